The zero-order valence-electron chi connectivity index (χ0n) is 17.4. The van der Waals surface area contributed by atoms with Gasteiger partial charge in [0.05, 0.1) is 22.8 Å². The number of amides is 1. The predicted octanol–water partition coefficient (Wildman–Crippen LogP) is 0.312. The summed E-state index contributed by atoms with van der Waals surface area (Å²) < 4.78 is 4.23. The van der Waals surface area contributed by atoms with Crippen molar-refractivity contribution in [3.05, 3.63) is 16.1 Å². The van der Waals surface area contributed by atoms with Crippen molar-refractivity contribution >= 4 is 60.3 Å². The van der Waals surface area contributed by atoms with Gasteiger partial charge in [-0.15, -0.1) is 23.1 Å². The number of hydrogen-bond donors (Lipinski definition) is 1. The van der Waals surface area contributed by atoms with Gasteiger partial charge in [0.2, 0.25) is 5.91 Å². The molecule has 2 aliphatic heterocycles. The number of Topliss-reactive ketones (excluding diaryl/α,β-unsaturated/α-hetero) is 2. The van der Waals surface area contributed by atoms with Crippen LogP contribution >= 0.6 is 23.1 Å². The van der Waals surface area contributed by atoms with E-state index in [0.717, 1.165) is 11.8 Å². The fourth-order valence-corrected chi connectivity index (χ4v) is 5.12. The van der Waals surface area contributed by atoms with Crippen LogP contribution in [-0.4, -0.2) is 69.5 Å². The van der Waals surface area contributed by atoms with Crippen LogP contribution in [-0.2, 0) is 28.7 Å². The first kappa shape index (κ1) is 23.4. The van der Waals surface area contributed by atoms with Gasteiger partial charge in [0.25, 0.3) is 0 Å². The predicted molar refractivity (Wildman–Crippen MR) is 114 cm³/mol. The Morgan fingerprint density at radius 1 is 1.45 bits per heavy atom. The summed E-state index contributed by atoms with van der Waals surface area (Å²) in [6.45, 7) is 6.15. The normalized spacial score (nSPS) is 25.6. The summed E-state index contributed by atoms with van der Waals surface area (Å²) >= 11 is 2.35. The molecule has 164 valence electrons. The Labute approximate surface area is 188 Å². The second-order valence-electron chi connectivity index (χ2n) is 7.85. The second kappa shape index (κ2) is 8.36. The average Bonchev–Trinajstić information content (AvgIpc) is 3.27. The minimum Gasteiger partial charge on any atom is -0.541 e. The molecule has 1 unspecified atom stereocenters. The van der Waals surface area contributed by atoms with E-state index in [4.69, 9.17) is 18.6 Å². The number of hydrogen-bond acceptors (Lipinski definition) is 11. The van der Waals surface area contributed by atoms with Crippen molar-refractivity contribution < 1.29 is 28.7 Å². The Kier molecular flexibility index (Phi) is 6.31. The van der Waals surface area contributed by atoms with Crippen molar-refractivity contribution in [2.45, 2.75) is 50.0 Å². The summed E-state index contributed by atoms with van der Waals surface area (Å²) in [5, 5.41) is 5.84. The van der Waals surface area contributed by atoms with Crippen LogP contribution in [0.15, 0.2) is 10.5 Å². The summed E-state index contributed by atoms with van der Waals surface area (Å²) in [4.78, 5) is 58.8. The molecule has 2 radical (unpaired) electrons. The summed E-state index contributed by atoms with van der Waals surface area (Å²) in [5.74, 6) is -2.58. The van der Waals surface area contributed by atoms with Gasteiger partial charge in [-0.05, 0) is 27.7 Å². The first-order valence-corrected chi connectivity index (χ1v) is 11.1. The summed E-state index contributed by atoms with van der Waals surface area (Å²) in [5.41, 5.74) is 5.00. The molecule has 0 aliphatic carbocycles. The molecular weight excluding hydrogens is 443 g/mol. The highest BCUT2D eigenvalue weighted by molar-refractivity contribution is 8.02. The molecule has 31 heavy (non-hydrogen) atoms. The third-order valence-corrected chi connectivity index (χ3v) is 7.50. The molecule has 0 spiro atoms. The maximum Gasteiger partial charge on any atom is 0.378 e. The number of rotatable bonds is 8. The van der Waals surface area contributed by atoms with Gasteiger partial charge in [0.15, 0.2) is 27.8 Å². The van der Waals surface area contributed by atoms with E-state index in [1.807, 2.05) is 0 Å². The van der Waals surface area contributed by atoms with Gasteiger partial charge in [-0.2, -0.15) is 0 Å². The number of aryl methyl sites for hydroxylation is 1. The summed E-state index contributed by atoms with van der Waals surface area (Å²) in [7, 11) is 4.93. The molecule has 0 bridgehead atoms. The molecule has 0 aromatic carbocycles. The van der Waals surface area contributed by atoms with E-state index in [1.165, 1.54) is 37.0 Å². The number of nitrogens with zero attached hydrogens (tertiary/aromatic N) is 3. The zero-order chi connectivity index (χ0) is 23.1. The van der Waals surface area contributed by atoms with Crippen LogP contribution in [0, 0.1) is 12.8 Å². The molecule has 2 fully saturated rings. The topological polar surface area (TPSA) is 141 Å². The zero-order valence-corrected chi connectivity index (χ0v) is 19.0. The maximum absolute atomic E-state index is 13.1. The molecular formula is C18H21BN4O6S2. The number of thiazole rings is 1. The largest absolute Gasteiger partial charge is 0.541 e. The van der Waals surface area contributed by atoms with Crippen LogP contribution in [0.1, 0.15) is 37.9 Å². The van der Waals surface area contributed by atoms with Gasteiger partial charge in [-0.25, -0.2) is 4.98 Å². The number of aromatic nitrogens is 1. The monoisotopic (exact) mass is 464 g/mol. The van der Waals surface area contributed by atoms with E-state index >= 15 is 0 Å². The average molecular weight is 464 g/mol. The number of nitrogens with two attached hydrogens (primary N) is 1. The van der Waals surface area contributed by atoms with Crippen LogP contribution < -0.4 is 5.73 Å². The molecule has 0 saturated carbocycles. The Morgan fingerprint density at radius 3 is 2.68 bits per heavy atom. The Morgan fingerprint density at radius 2 is 2.13 bits per heavy atom. The number of ketones is 2. The lowest BCUT2D eigenvalue weighted by Gasteiger charge is -2.41. The molecule has 10 nitrogen and oxygen atoms in total. The van der Waals surface area contributed by atoms with Gasteiger partial charge in [-0.3, -0.25) is 19.2 Å². The van der Waals surface area contributed by atoms with Crippen molar-refractivity contribution in [2.24, 2.45) is 16.8 Å². The summed E-state index contributed by atoms with van der Waals surface area (Å²) in [6.07, 6.45) is -0.181. The number of carbonyl (C=O) groups is 4. The maximum atomic E-state index is 13.1. The van der Waals surface area contributed by atoms with Gasteiger partial charge in [0.1, 0.15) is 5.69 Å². The van der Waals surface area contributed by atoms with Crippen LogP contribution in [0.4, 0.5) is 0 Å². The fraction of sp³-hybridized carbons (Fsp3) is 0.556. The first-order valence-electron chi connectivity index (χ1n) is 9.31. The van der Waals surface area contributed by atoms with Crippen molar-refractivity contribution in [2.75, 3.05) is 6.54 Å². The highest BCUT2D eigenvalue weighted by atomic mass is 32.2. The first-order chi connectivity index (χ1) is 14.4. The number of thioether (sulfide) groups is 1. The number of β-lactam (4-membered cyclic amide) rings is 1. The van der Waals surface area contributed by atoms with Gasteiger partial charge in [0, 0.05) is 11.8 Å². The Bertz CT molecular complexity index is 980. The molecule has 2 N–H and O–H groups in total. The third-order valence-electron chi connectivity index (χ3n) is 5.18. The minimum absolute atomic E-state index is 0.0516. The molecule has 13 heteroatoms. The molecule has 1 aromatic rings. The lowest BCUT2D eigenvalue weighted by molar-refractivity contribution is -0.152. The van der Waals surface area contributed by atoms with E-state index < -0.39 is 33.5 Å². The van der Waals surface area contributed by atoms with Crippen LogP contribution in [0.3, 0.4) is 0 Å². The second-order valence-corrected chi connectivity index (χ2v) is 10.4. The number of carbonyl (C=O) groups excluding carboxylic acids is 4. The van der Waals surface area contributed by atoms with Crippen molar-refractivity contribution in [1.29, 1.82) is 0 Å². The quantitative estimate of drug-likeness (QED) is 0.249. The van der Waals surface area contributed by atoms with Crippen molar-refractivity contribution in [1.82, 2.24) is 9.88 Å². The van der Waals surface area contributed by atoms with Crippen LogP contribution in [0.5, 0.6) is 0 Å². The molecule has 3 heterocycles. The van der Waals surface area contributed by atoms with Crippen molar-refractivity contribution in [3.63, 3.8) is 0 Å². The highest BCUT2D eigenvalue weighted by Crippen LogP contribution is 2.48. The van der Waals surface area contributed by atoms with E-state index in [2.05, 4.69) is 14.8 Å². The Hall–Kier alpha value is -2.25. The van der Waals surface area contributed by atoms with E-state index in [1.54, 1.807) is 12.3 Å². The minimum atomic E-state index is -1.48. The highest BCUT2D eigenvalue weighted by Gasteiger charge is 2.60. The van der Waals surface area contributed by atoms with E-state index in [9.17, 15) is 19.2 Å². The molecule has 3 rings (SSSR count). The number of fused-ring (bicyclic) bond motifs is 1. The van der Waals surface area contributed by atoms with Gasteiger partial charge >= 0.3 is 14.0 Å². The molecule has 3 atom stereocenters. The SMILES string of the molecule is [B]OC(=O)[C@@]1(N)CN2C(=O)[C@@H](CC(=O)/C(=N\OC(C)(C)C(C)=O)c3csc(C)n3)C2S1. The molecule has 1 aromatic heterocycles. The smallest absolute Gasteiger partial charge is 0.378 e. The van der Waals surface area contributed by atoms with Gasteiger partial charge in [-0.1, -0.05) is 5.16 Å². The van der Waals surface area contributed by atoms with Crippen LogP contribution in [0.25, 0.3) is 0 Å². The molecule has 1 amide bonds. The van der Waals surface area contributed by atoms with Gasteiger partial charge < -0.3 is 20.1 Å². The third kappa shape index (κ3) is 4.39. The number of oxime groups is 1. The standard InChI is InChI=1S/C18H21BN4O6S2/c1-8(24)17(3,4)29-22-13(11-6-30-9(2)21-11)12(25)5-10-14(26)23-7-18(20,16(27)28-19)31-15(10)23/h6,10,15H,5,7,20H2,1-4H3/b22-13-/t10-,15?,18-/m1/s1. The lowest BCUT2D eigenvalue weighted by Crippen LogP contribution is -2.58. The fourth-order valence-electron chi connectivity index (χ4n) is 3.05. The Balaban J connectivity index is 1.79. The van der Waals surface area contributed by atoms with Crippen molar-refractivity contribution in [3.8, 4) is 0 Å². The lowest BCUT2D eigenvalue weighted by atomic mass is 9.90. The molecule has 2 saturated heterocycles. The van der Waals surface area contributed by atoms with Crippen LogP contribution in [0.2, 0.25) is 0 Å². The van der Waals surface area contributed by atoms with E-state index in [0.29, 0.717) is 10.7 Å². The molecule has 2 aliphatic rings. The summed E-state index contributed by atoms with van der Waals surface area (Å²) in [6, 6.07) is 0. The van der Waals surface area contributed by atoms with E-state index in [-0.39, 0.29) is 30.4 Å².